The molecule has 0 radical (unpaired) electrons. The van der Waals surface area contributed by atoms with Crippen LogP contribution in [0, 0.1) is 0 Å². The van der Waals surface area contributed by atoms with Gasteiger partial charge < -0.3 is 19.9 Å². The Morgan fingerprint density at radius 2 is 1.83 bits per heavy atom. The summed E-state index contributed by atoms with van der Waals surface area (Å²) >= 11 is 0. The monoisotopic (exact) mass is 395 g/mol. The molecule has 29 heavy (non-hydrogen) atoms. The van der Waals surface area contributed by atoms with Gasteiger partial charge in [-0.2, -0.15) is 0 Å². The summed E-state index contributed by atoms with van der Waals surface area (Å²) in [6.45, 7) is 1.71. The Balaban J connectivity index is 2.01. The molecule has 1 N–H and O–H groups in total. The molecule has 152 valence electrons. The Morgan fingerprint density at radius 3 is 2.48 bits per heavy atom. The number of hydrogen-bond acceptors (Lipinski definition) is 4. The van der Waals surface area contributed by atoms with Crippen LogP contribution in [0.2, 0.25) is 0 Å². The average Bonchev–Trinajstić information content (AvgIpc) is 2.71. The molecule has 0 aromatic heterocycles. The summed E-state index contributed by atoms with van der Waals surface area (Å²) in [7, 11) is 4.88. The van der Waals surface area contributed by atoms with Gasteiger partial charge in [0, 0.05) is 39.7 Å². The molecule has 0 aliphatic carbocycles. The van der Waals surface area contributed by atoms with Gasteiger partial charge in [-0.1, -0.05) is 18.2 Å². The van der Waals surface area contributed by atoms with E-state index < -0.39 is 6.04 Å². The molecular formula is C22H25N3O4. The highest BCUT2D eigenvalue weighted by atomic mass is 16.5. The van der Waals surface area contributed by atoms with E-state index in [-0.39, 0.29) is 24.3 Å². The number of hydrogen-bond donors (Lipinski definition) is 1. The Morgan fingerprint density at radius 1 is 1.10 bits per heavy atom. The van der Waals surface area contributed by atoms with Crippen LogP contribution in [0.1, 0.15) is 28.4 Å². The fourth-order valence-corrected chi connectivity index (χ4v) is 3.57. The standard InChI is InChI=1S/C22H25N3O4/c1-14(26)23-17-10-9-15-12-19(22(28)24(2)3)25(13-16(15)11-17)21(27)18-7-5-6-8-20(18)29-4/h5-11,19H,12-13H2,1-4H3,(H,23,26)/t19-/m1/s1. The van der Waals surface area contributed by atoms with E-state index in [1.54, 1.807) is 43.3 Å². The summed E-state index contributed by atoms with van der Waals surface area (Å²) < 4.78 is 5.34. The number of rotatable bonds is 4. The topological polar surface area (TPSA) is 79.0 Å². The summed E-state index contributed by atoms with van der Waals surface area (Å²) in [5.74, 6) is -0.0993. The van der Waals surface area contributed by atoms with Crippen molar-refractivity contribution in [2.45, 2.75) is 25.9 Å². The quantitative estimate of drug-likeness (QED) is 0.862. The van der Waals surface area contributed by atoms with Crippen molar-refractivity contribution in [3.8, 4) is 5.75 Å². The maximum Gasteiger partial charge on any atom is 0.258 e. The van der Waals surface area contributed by atoms with Crippen LogP contribution in [0.25, 0.3) is 0 Å². The lowest BCUT2D eigenvalue weighted by Gasteiger charge is -2.37. The third kappa shape index (κ3) is 4.23. The van der Waals surface area contributed by atoms with E-state index in [1.807, 2.05) is 18.2 Å². The minimum absolute atomic E-state index is 0.134. The summed E-state index contributed by atoms with van der Waals surface area (Å²) in [5, 5.41) is 2.76. The predicted octanol–water partition coefficient (Wildman–Crippen LogP) is 2.31. The van der Waals surface area contributed by atoms with Gasteiger partial charge in [-0.3, -0.25) is 14.4 Å². The second kappa shape index (κ2) is 8.34. The lowest BCUT2D eigenvalue weighted by atomic mass is 9.92. The number of amides is 3. The molecule has 1 aliphatic rings. The van der Waals surface area contributed by atoms with Gasteiger partial charge in [-0.05, 0) is 35.4 Å². The van der Waals surface area contributed by atoms with Crippen molar-refractivity contribution >= 4 is 23.4 Å². The molecule has 3 amide bonds. The minimum Gasteiger partial charge on any atom is -0.496 e. The number of carbonyl (C=O) groups excluding carboxylic acids is 3. The smallest absolute Gasteiger partial charge is 0.258 e. The number of fused-ring (bicyclic) bond motifs is 1. The first-order valence-electron chi connectivity index (χ1n) is 9.36. The third-order valence-electron chi connectivity index (χ3n) is 4.98. The molecule has 1 heterocycles. The Kier molecular flexibility index (Phi) is 5.87. The van der Waals surface area contributed by atoms with Crippen LogP contribution in [0.15, 0.2) is 42.5 Å². The van der Waals surface area contributed by atoms with E-state index in [0.29, 0.717) is 23.4 Å². The number of carbonyl (C=O) groups is 3. The van der Waals surface area contributed by atoms with Crippen LogP contribution in [0.3, 0.4) is 0 Å². The van der Waals surface area contributed by atoms with Gasteiger partial charge in [-0.15, -0.1) is 0 Å². The van der Waals surface area contributed by atoms with E-state index >= 15 is 0 Å². The van der Waals surface area contributed by atoms with Crippen LogP contribution in [0.5, 0.6) is 5.75 Å². The van der Waals surface area contributed by atoms with Crippen molar-refractivity contribution in [1.29, 1.82) is 0 Å². The second-order valence-corrected chi connectivity index (χ2v) is 7.25. The van der Waals surface area contributed by atoms with Gasteiger partial charge >= 0.3 is 0 Å². The highest BCUT2D eigenvalue weighted by Gasteiger charge is 2.36. The Hall–Kier alpha value is -3.35. The number of methoxy groups -OCH3 is 1. The highest BCUT2D eigenvalue weighted by molar-refractivity contribution is 6.00. The minimum atomic E-state index is -0.610. The van der Waals surface area contributed by atoms with Gasteiger partial charge in [0.1, 0.15) is 11.8 Å². The fourth-order valence-electron chi connectivity index (χ4n) is 3.57. The van der Waals surface area contributed by atoms with Crippen molar-refractivity contribution in [2.75, 3.05) is 26.5 Å². The number of benzene rings is 2. The van der Waals surface area contributed by atoms with Crippen molar-refractivity contribution in [2.24, 2.45) is 0 Å². The lowest BCUT2D eigenvalue weighted by molar-refractivity contribution is -0.134. The molecule has 1 atom stereocenters. The second-order valence-electron chi connectivity index (χ2n) is 7.25. The molecule has 0 saturated heterocycles. The number of likely N-dealkylation sites (N-methyl/N-ethyl adjacent to an activating group) is 1. The first-order chi connectivity index (χ1) is 13.8. The highest BCUT2D eigenvalue weighted by Crippen LogP contribution is 2.30. The maximum atomic E-state index is 13.4. The van der Waals surface area contributed by atoms with E-state index in [2.05, 4.69) is 5.32 Å². The Labute approximate surface area is 170 Å². The van der Waals surface area contributed by atoms with Crippen molar-refractivity contribution in [3.63, 3.8) is 0 Å². The number of anilines is 1. The molecule has 3 rings (SSSR count). The molecule has 0 spiro atoms. The Bertz CT molecular complexity index is 955. The zero-order chi connectivity index (χ0) is 21.1. The van der Waals surface area contributed by atoms with Crippen molar-refractivity contribution < 1.29 is 19.1 Å². The molecule has 1 aliphatic heterocycles. The summed E-state index contributed by atoms with van der Waals surface area (Å²) in [6.07, 6.45) is 0.410. The maximum absolute atomic E-state index is 13.4. The largest absolute Gasteiger partial charge is 0.496 e. The molecule has 0 unspecified atom stereocenters. The summed E-state index contributed by atoms with van der Waals surface area (Å²) in [6, 6.07) is 12.0. The van der Waals surface area contributed by atoms with Crippen LogP contribution in [-0.2, 0) is 22.6 Å². The van der Waals surface area contributed by atoms with E-state index in [1.165, 1.54) is 18.9 Å². The molecular weight excluding hydrogens is 370 g/mol. The van der Waals surface area contributed by atoms with E-state index in [4.69, 9.17) is 4.74 Å². The van der Waals surface area contributed by atoms with Gasteiger partial charge in [0.25, 0.3) is 5.91 Å². The summed E-state index contributed by atoms with van der Waals surface area (Å²) in [4.78, 5) is 40.7. The van der Waals surface area contributed by atoms with E-state index in [9.17, 15) is 14.4 Å². The van der Waals surface area contributed by atoms with Crippen LogP contribution < -0.4 is 10.1 Å². The third-order valence-corrected chi connectivity index (χ3v) is 4.98. The number of nitrogens with zero attached hydrogens (tertiary/aromatic N) is 2. The van der Waals surface area contributed by atoms with Crippen LogP contribution in [-0.4, -0.2) is 54.8 Å². The summed E-state index contributed by atoms with van der Waals surface area (Å²) in [5.41, 5.74) is 2.97. The van der Waals surface area contributed by atoms with Crippen molar-refractivity contribution in [1.82, 2.24) is 9.80 Å². The van der Waals surface area contributed by atoms with Gasteiger partial charge in [0.2, 0.25) is 11.8 Å². The molecule has 7 nitrogen and oxygen atoms in total. The lowest BCUT2D eigenvalue weighted by Crippen LogP contribution is -2.52. The van der Waals surface area contributed by atoms with Gasteiger partial charge in [0.05, 0.1) is 12.7 Å². The van der Waals surface area contributed by atoms with E-state index in [0.717, 1.165) is 11.1 Å². The molecule has 7 heteroatoms. The predicted molar refractivity (Wildman–Crippen MR) is 110 cm³/mol. The SMILES string of the molecule is COc1ccccc1C(=O)N1Cc2cc(NC(C)=O)ccc2C[C@@H]1C(=O)N(C)C. The zero-order valence-electron chi connectivity index (χ0n) is 17.1. The molecule has 0 saturated carbocycles. The zero-order valence-corrected chi connectivity index (χ0v) is 17.1. The first-order valence-corrected chi connectivity index (χ1v) is 9.36. The van der Waals surface area contributed by atoms with Crippen LogP contribution >= 0.6 is 0 Å². The number of ether oxygens (including phenoxy) is 1. The molecule has 2 aromatic carbocycles. The number of nitrogens with one attached hydrogen (secondary N) is 1. The normalized spacial score (nSPS) is 15.3. The molecule has 2 aromatic rings. The first kappa shape index (κ1) is 20.4. The number of para-hydroxylation sites is 1. The van der Waals surface area contributed by atoms with Gasteiger partial charge in [0.15, 0.2) is 0 Å². The molecule has 0 bridgehead atoms. The average molecular weight is 395 g/mol. The fraction of sp³-hybridized carbons (Fsp3) is 0.318. The van der Waals surface area contributed by atoms with Gasteiger partial charge in [-0.25, -0.2) is 0 Å². The van der Waals surface area contributed by atoms with Crippen molar-refractivity contribution in [3.05, 3.63) is 59.2 Å². The van der Waals surface area contributed by atoms with Crippen LogP contribution in [0.4, 0.5) is 5.69 Å². The molecule has 0 fully saturated rings.